The van der Waals surface area contributed by atoms with Crippen LogP contribution in [-0.4, -0.2) is 7.11 Å². The van der Waals surface area contributed by atoms with Crippen LogP contribution in [0.15, 0.2) is 36.4 Å². The maximum atomic E-state index is 13.3. The van der Waals surface area contributed by atoms with E-state index in [1.807, 2.05) is 18.2 Å². The van der Waals surface area contributed by atoms with Crippen LogP contribution in [0.1, 0.15) is 5.56 Å². The number of methoxy groups -OCH3 is 1. The molecule has 0 aliphatic carbocycles. The van der Waals surface area contributed by atoms with E-state index in [0.29, 0.717) is 22.9 Å². The molecule has 2 aromatic carbocycles. The van der Waals surface area contributed by atoms with E-state index in [1.54, 1.807) is 7.11 Å². The SMILES string of the molecule is COc1ccc(CN)c(-c2cc(F)ccc2Cl)c1.Cl. The van der Waals surface area contributed by atoms with Crippen LogP contribution >= 0.6 is 24.0 Å². The van der Waals surface area contributed by atoms with Crippen LogP contribution < -0.4 is 10.5 Å². The summed E-state index contributed by atoms with van der Waals surface area (Å²) in [6, 6.07) is 9.74. The van der Waals surface area contributed by atoms with Crippen molar-refractivity contribution in [3.8, 4) is 16.9 Å². The molecule has 2 N–H and O–H groups in total. The molecule has 0 amide bonds. The maximum absolute atomic E-state index is 13.3. The van der Waals surface area contributed by atoms with Crippen molar-refractivity contribution in [3.63, 3.8) is 0 Å². The zero-order valence-electron chi connectivity index (χ0n) is 10.3. The summed E-state index contributed by atoms with van der Waals surface area (Å²) < 4.78 is 18.5. The van der Waals surface area contributed by atoms with Crippen LogP contribution in [0.25, 0.3) is 11.1 Å². The minimum atomic E-state index is -0.333. The van der Waals surface area contributed by atoms with E-state index in [0.717, 1.165) is 11.1 Å². The van der Waals surface area contributed by atoms with Crippen molar-refractivity contribution in [2.45, 2.75) is 6.54 Å². The zero-order valence-corrected chi connectivity index (χ0v) is 11.9. The summed E-state index contributed by atoms with van der Waals surface area (Å²) in [6.07, 6.45) is 0. The largest absolute Gasteiger partial charge is 0.497 e. The van der Waals surface area contributed by atoms with Gasteiger partial charge in [-0.15, -0.1) is 12.4 Å². The molecule has 5 heteroatoms. The number of hydrogen-bond acceptors (Lipinski definition) is 2. The van der Waals surface area contributed by atoms with Crippen LogP contribution in [0.2, 0.25) is 5.02 Å². The van der Waals surface area contributed by atoms with E-state index >= 15 is 0 Å². The number of benzene rings is 2. The van der Waals surface area contributed by atoms with Crippen LogP contribution in [0.3, 0.4) is 0 Å². The first-order valence-corrected chi connectivity index (χ1v) is 5.86. The van der Waals surface area contributed by atoms with Gasteiger partial charge < -0.3 is 10.5 Å². The summed E-state index contributed by atoms with van der Waals surface area (Å²) in [5, 5.41) is 0.486. The van der Waals surface area contributed by atoms with Crippen LogP contribution in [0.5, 0.6) is 5.75 Å². The highest BCUT2D eigenvalue weighted by Gasteiger charge is 2.10. The Balaban J connectivity index is 0.00000180. The van der Waals surface area contributed by atoms with Gasteiger partial charge in [-0.1, -0.05) is 17.7 Å². The summed E-state index contributed by atoms with van der Waals surface area (Å²) in [7, 11) is 1.58. The first-order chi connectivity index (χ1) is 8.65. The number of rotatable bonds is 3. The standard InChI is InChI=1S/C14H13ClFNO.ClH/c1-18-11-4-2-9(8-17)12(7-11)13-6-10(16)3-5-14(13)15;/h2-7H,8,17H2,1H3;1H. The third-order valence-corrected chi connectivity index (χ3v) is 3.09. The number of ether oxygens (including phenoxy) is 1. The summed E-state index contributed by atoms with van der Waals surface area (Å²) >= 11 is 6.11. The van der Waals surface area contributed by atoms with Crippen LogP contribution in [0, 0.1) is 5.82 Å². The van der Waals surface area contributed by atoms with Gasteiger partial charge >= 0.3 is 0 Å². The van der Waals surface area contributed by atoms with Crippen LogP contribution in [-0.2, 0) is 6.54 Å². The van der Waals surface area contributed by atoms with Crippen molar-refractivity contribution >= 4 is 24.0 Å². The molecule has 0 fully saturated rings. The molecule has 0 atom stereocenters. The van der Waals surface area contributed by atoms with E-state index < -0.39 is 0 Å². The Labute approximate surface area is 122 Å². The Kier molecular flexibility index (Phi) is 5.60. The lowest BCUT2D eigenvalue weighted by Crippen LogP contribution is -2.00. The third kappa shape index (κ3) is 3.38. The topological polar surface area (TPSA) is 35.2 Å². The lowest BCUT2D eigenvalue weighted by atomic mass is 9.99. The third-order valence-electron chi connectivity index (χ3n) is 2.76. The van der Waals surface area contributed by atoms with E-state index in [2.05, 4.69) is 0 Å². The number of hydrogen-bond donors (Lipinski definition) is 1. The average molecular weight is 302 g/mol. The fourth-order valence-corrected chi connectivity index (χ4v) is 2.03. The Bertz CT molecular complexity index is 575. The summed E-state index contributed by atoms with van der Waals surface area (Å²) in [6.45, 7) is 0.353. The van der Waals surface area contributed by atoms with Crippen molar-refractivity contribution in [1.82, 2.24) is 0 Å². The highest BCUT2D eigenvalue weighted by molar-refractivity contribution is 6.33. The van der Waals surface area contributed by atoms with Gasteiger partial charge in [0.2, 0.25) is 0 Å². The Morgan fingerprint density at radius 2 is 1.89 bits per heavy atom. The van der Waals surface area contributed by atoms with E-state index in [-0.39, 0.29) is 18.2 Å². The molecule has 0 heterocycles. The second-order valence-electron chi connectivity index (χ2n) is 3.85. The predicted molar refractivity (Wildman–Crippen MR) is 78.5 cm³/mol. The van der Waals surface area contributed by atoms with E-state index in [4.69, 9.17) is 22.1 Å². The second kappa shape index (κ2) is 6.75. The van der Waals surface area contributed by atoms with E-state index in [9.17, 15) is 4.39 Å². The Hall–Kier alpha value is -1.29. The van der Waals surface area contributed by atoms with E-state index in [1.165, 1.54) is 18.2 Å². The summed E-state index contributed by atoms with van der Waals surface area (Å²) in [5.74, 6) is 0.350. The lowest BCUT2D eigenvalue weighted by molar-refractivity contribution is 0.415. The van der Waals surface area contributed by atoms with Gasteiger partial charge in [-0.2, -0.15) is 0 Å². The van der Waals surface area contributed by atoms with Gasteiger partial charge in [0.05, 0.1) is 7.11 Å². The molecule has 0 spiro atoms. The van der Waals surface area contributed by atoms with Crippen molar-refractivity contribution < 1.29 is 9.13 Å². The van der Waals surface area contributed by atoms with Crippen molar-refractivity contribution in [2.24, 2.45) is 5.73 Å². The molecular weight excluding hydrogens is 288 g/mol. The smallest absolute Gasteiger partial charge is 0.123 e. The first-order valence-electron chi connectivity index (χ1n) is 5.48. The second-order valence-corrected chi connectivity index (χ2v) is 4.26. The van der Waals surface area contributed by atoms with Gasteiger partial charge in [0.25, 0.3) is 0 Å². The number of nitrogens with two attached hydrogens (primary N) is 1. The van der Waals surface area contributed by atoms with Gasteiger partial charge in [0.1, 0.15) is 11.6 Å². The monoisotopic (exact) mass is 301 g/mol. The molecule has 0 aliphatic rings. The predicted octanol–water partition coefficient (Wildman–Crippen LogP) is 4.04. The molecule has 2 rings (SSSR count). The lowest BCUT2D eigenvalue weighted by Gasteiger charge is -2.12. The Morgan fingerprint density at radius 3 is 2.53 bits per heavy atom. The fraction of sp³-hybridized carbons (Fsp3) is 0.143. The van der Waals surface area contributed by atoms with Gasteiger partial charge in [-0.25, -0.2) is 4.39 Å². The van der Waals surface area contributed by atoms with Crippen LogP contribution in [0.4, 0.5) is 4.39 Å². The molecular formula is C14H14Cl2FNO. The molecule has 19 heavy (non-hydrogen) atoms. The van der Waals surface area contributed by atoms with Gasteiger partial charge in [0.15, 0.2) is 0 Å². The fourth-order valence-electron chi connectivity index (χ4n) is 1.82. The zero-order chi connectivity index (χ0) is 13.1. The van der Waals surface area contributed by atoms with Crippen molar-refractivity contribution in [2.75, 3.05) is 7.11 Å². The molecule has 2 nitrogen and oxygen atoms in total. The minimum Gasteiger partial charge on any atom is -0.497 e. The molecule has 0 saturated carbocycles. The molecule has 0 saturated heterocycles. The maximum Gasteiger partial charge on any atom is 0.123 e. The van der Waals surface area contributed by atoms with Gasteiger partial charge in [-0.3, -0.25) is 0 Å². The highest BCUT2D eigenvalue weighted by Crippen LogP contribution is 2.33. The molecule has 2 aromatic rings. The number of halogens is 3. The summed E-state index contributed by atoms with van der Waals surface area (Å²) in [4.78, 5) is 0. The summed E-state index contributed by atoms with van der Waals surface area (Å²) in [5.41, 5.74) is 8.00. The molecule has 102 valence electrons. The molecule has 0 bridgehead atoms. The van der Waals surface area contributed by atoms with Gasteiger partial charge in [0, 0.05) is 17.1 Å². The normalized spacial score (nSPS) is 9.89. The molecule has 0 aliphatic heterocycles. The first kappa shape index (κ1) is 15.8. The molecule has 0 unspecified atom stereocenters. The Morgan fingerprint density at radius 1 is 1.16 bits per heavy atom. The average Bonchev–Trinajstić information content (AvgIpc) is 2.40. The van der Waals surface area contributed by atoms with Crippen molar-refractivity contribution in [3.05, 3.63) is 52.8 Å². The molecule has 0 aromatic heterocycles. The highest BCUT2D eigenvalue weighted by atomic mass is 35.5. The minimum absolute atomic E-state index is 0. The molecule has 0 radical (unpaired) electrons. The van der Waals surface area contributed by atoms with Gasteiger partial charge in [-0.05, 0) is 41.5 Å². The quantitative estimate of drug-likeness (QED) is 0.929. The van der Waals surface area contributed by atoms with Crippen molar-refractivity contribution in [1.29, 1.82) is 0 Å².